The third kappa shape index (κ3) is 2.38. The maximum Gasteiger partial charge on any atom is -0.147 e. The Morgan fingerprint density at radius 2 is 2.00 bits per heavy atom. The summed E-state index contributed by atoms with van der Waals surface area (Å²) in [4.78, 5) is 0. The molecule has 0 saturated heterocycles. The molecule has 1 rings (SSSR count). The molecule has 49 valence electrons. The molecule has 2 heteroatoms. The zero-order valence-electron chi connectivity index (χ0n) is 5.69. The van der Waals surface area contributed by atoms with Gasteiger partial charge in [-0.15, -0.1) is 12.4 Å². The van der Waals surface area contributed by atoms with Crippen LogP contribution in [0.15, 0.2) is 20.6 Å². The Kier molecular flexibility index (Phi) is 3.99. The van der Waals surface area contributed by atoms with E-state index in [0.717, 1.165) is 0 Å². The van der Waals surface area contributed by atoms with E-state index in [2.05, 4.69) is 19.9 Å². The maximum absolute atomic E-state index is 2.32. The summed E-state index contributed by atoms with van der Waals surface area (Å²) in [5.41, 5.74) is 3.06. The summed E-state index contributed by atoms with van der Waals surface area (Å²) in [7, 11) is 0. The van der Waals surface area contributed by atoms with Crippen molar-refractivity contribution in [1.82, 2.24) is 0 Å². The van der Waals surface area contributed by atoms with Crippen LogP contribution >= 0.6 is 12.4 Å². The van der Waals surface area contributed by atoms with E-state index in [1.54, 1.807) is 8.90 Å². The van der Waals surface area contributed by atoms with Crippen LogP contribution in [-0.4, -0.2) is 0 Å². The van der Waals surface area contributed by atoms with Crippen molar-refractivity contribution in [2.45, 2.75) is 20.3 Å². The van der Waals surface area contributed by atoms with Crippen molar-refractivity contribution in [3.05, 3.63) is 20.6 Å². The second-order valence-electron chi connectivity index (χ2n) is 2.31. The molecule has 1 aliphatic rings. The van der Waals surface area contributed by atoms with Gasteiger partial charge in [0.25, 0.3) is 0 Å². The van der Waals surface area contributed by atoms with Gasteiger partial charge >= 0.3 is 65.2 Å². The minimum Gasteiger partial charge on any atom is -0.147 e. The second-order valence-corrected chi connectivity index (χ2v) is 4.62. The molecule has 0 heterocycles. The topological polar surface area (TPSA) is 0 Å². The molecule has 0 aromatic heterocycles. The SMILES string of the molecule is CC1=C(C)C[C]([Hf])=C1.Cl. The van der Waals surface area contributed by atoms with Crippen LogP contribution in [0.3, 0.4) is 0 Å². The number of halogens is 1. The zero-order chi connectivity index (χ0) is 6.15. The van der Waals surface area contributed by atoms with Gasteiger partial charge < -0.3 is 0 Å². The smallest absolute Gasteiger partial charge is 0.147 e. The number of allylic oxidation sites excluding steroid dienone is 4. The normalized spacial score (nSPS) is 17.2. The molecule has 0 bridgehead atoms. The number of hydrogen-bond acceptors (Lipinski definition) is 0. The predicted octanol–water partition coefficient (Wildman–Crippen LogP) is 2.58. The Labute approximate surface area is 77.4 Å². The number of hydrogen-bond donors (Lipinski definition) is 0. The summed E-state index contributed by atoms with van der Waals surface area (Å²) in [5, 5.41) is 0. The van der Waals surface area contributed by atoms with Gasteiger partial charge in [0.15, 0.2) is 0 Å². The van der Waals surface area contributed by atoms with Gasteiger partial charge in [0.2, 0.25) is 0 Å². The predicted molar refractivity (Wildman–Crippen MR) is 38.3 cm³/mol. The van der Waals surface area contributed by atoms with E-state index in [1.165, 1.54) is 36.4 Å². The van der Waals surface area contributed by atoms with Gasteiger partial charge in [-0.05, 0) is 0 Å². The van der Waals surface area contributed by atoms with Crippen molar-refractivity contribution >= 4 is 12.4 Å². The molecule has 0 aromatic carbocycles. The molecule has 0 amide bonds. The number of rotatable bonds is 0. The van der Waals surface area contributed by atoms with Crippen molar-refractivity contribution in [3.63, 3.8) is 0 Å². The Morgan fingerprint density at radius 3 is 2.11 bits per heavy atom. The molecule has 0 saturated carbocycles. The Bertz CT molecular complexity index is 168. The first kappa shape index (κ1) is 9.64. The van der Waals surface area contributed by atoms with Crippen LogP contribution in [0.2, 0.25) is 0 Å². The first-order chi connectivity index (χ1) is 3.70. The molecular formula is C7H10ClHf. The van der Waals surface area contributed by atoms with Crippen LogP contribution < -0.4 is 0 Å². The van der Waals surface area contributed by atoms with Crippen molar-refractivity contribution in [1.29, 1.82) is 0 Å². The minimum absolute atomic E-state index is 0. The molecular weight excluding hydrogens is 298 g/mol. The monoisotopic (exact) mass is 309 g/mol. The van der Waals surface area contributed by atoms with Gasteiger partial charge in [0, 0.05) is 0 Å². The van der Waals surface area contributed by atoms with Crippen molar-refractivity contribution in [2.75, 3.05) is 0 Å². The van der Waals surface area contributed by atoms with E-state index in [0.29, 0.717) is 0 Å². The Balaban J connectivity index is 0.000000640. The van der Waals surface area contributed by atoms with E-state index >= 15 is 0 Å². The maximum atomic E-state index is 2.32. The molecule has 0 spiro atoms. The van der Waals surface area contributed by atoms with Crippen molar-refractivity contribution < 1.29 is 24.4 Å². The molecule has 0 fully saturated rings. The summed E-state index contributed by atoms with van der Waals surface area (Å²) >= 11 is 1.25. The minimum atomic E-state index is 0. The molecule has 0 N–H and O–H groups in total. The molecule has 0 aromatic rings. The van der Waals surface area contributed by atoms with E-state index in [1.807, 2.05) is 0 Å². The molecule has 0 atom stereocenters. The third-order valence-corrected chi connectivity index (χ3v) is 2.67. The summed E-state index contributed by atoms with van der Waals surface area (Å²) in [6, 6.07) is 0. The van der Waals surface area contributed by atoms with Crippen LogP contribution in [0.5, 0.6) is 0 Å². The average molecular weight is 308 g/mol. The van der Waals surface area contributed by atoms with Gasteiger partial charge in [-0.1, -0.05) is 0 Å². The summed E-state index contributed by atoms with van der Waals surface area (Å²) < 4.78 is 1.64. The molecule has 0 aliphatic heterocycles. The van der Waals surface area contributed by atoms with Crippen LogP contribution in [0, 0.1) is 0 Å². The van der Waals surface area contributed by atoms with Crippen LogP contribution in [0.4, 0.5) is 0 Å². The van der Waals surface area contributed by atoms with Gasteiger partial charge in [0.1, 0.15) is 0 Å². The summed E-state index contributed by atoms with van der Waals surface area (Å²) in [6.45, 7) is 4.41. The second kappa shape index (κ2) is 3.72. The standard InChI is InChI=1S/C7H9.ClH.Hf/c1-6-4-3-5-7(6)2;;/h4H,5H2,1-2H3;1H;. The molecule has 0 unspecified atom stereocenters. The first-order valence-electron chi connectivity index (χ1n) is 2.78. The quantitative estimate of drug-likeness (QED) is 0.604. The third-order valence-electron chi connectivity index (χ3n) is 1.52. The fourth-order valence-corrected chi connectivity index (χ4v) is 2.59. The van der Waals surface area contributed by atoms with Crippen molar-refractivity contribution in [3.8, 4) is 0 Å². The van der Waals surface area contributed by atoms with Gasteiger partial charge in [-0.2, -0.15) is 0 Å². The Hall–Kier alpha value is 0.640. The van der Waals surface area contributed by atoms with Gasteiger partial charge in [-0.25, -0.2) is 0 Å². The van der Waals surface area contributed by atoms with Crippen LogP contribution in [0.1, 0.15) is 20.3 Å². The fourth-order valence-electron chi connectivity index (χ4n) is 0.861. The molecule has 1 aliphatic carbocycles. The van der Waals surface area contributed by atoms with Gasteiger partial charge in [0.05, 0.1) is 0 Å². The summed E-state index contributed by atoms with van der Waals surface area (Å²) in [5.74, 6) is 0. The first-order valence-corrected chi connectivity index (χ1v) is 4.58. The van der Waals surface area contributed by atoms with E-state index in [-0.39, 0.29) is 12.4 Å². The largest absolute Gasteiger partial charge is 0.147 e. The van der Waals surface area contributed by atoms with Crippen LogP contribution in [-0.2, 0) is 24.4 Å². The van der Waals surface area contributed by atoms with Crippen molar-refractivity contribution in [2.24, 2.45) is 0 Å². The molecule has 9 heavy (non-hydrogen) atoms. The van der Waals surface area contributed by atoms with E-state index in [9.17, 15) is 0 Å². The Morgan fingerprint density at radius 1 is 1.44 bits per heavy atom. The summed E-state index contributed by atoms with van der Waals surface area (Å²) in [6.07, 6.45) is 3.58. The average Bonchev–Trinajstić information content (AvgIpc) is 1.85. The van der Waals surface area contributed by atoms with Crippen LogP contribution in [0.25, 0.3) is 0 Å². The van der Waals surface area contributed by atoms with Gasteiger partial charge in [-0.3, -0.25) is 0 Å². The zero-order valence-corrected chi connectivity index (χ0v) is 10.1. The van der Waals surface area contributed by atoms with E-state index in [4.69, 9.17) is 0 Å². The molecule has 0 radical (unpaired) electrons. The fraction of sp³-hybridized carbons (Fsp3) is 0.429. The van der Waals surface area contributed by atoms with E-state index < -0.39 is 0 Å². The molecule has 0 nitrogen and oxygen atoms in total.